The van der Waals surface area contributed by atoms with Crippen LogP contribution in [0.2, 0.25) is 0 Å². The molecule has 2 unspecified atom stereocenters. The quantitative estimate of drug-likeness (QED) is 0.902. The van der Waals surface area contributed by atoms with Crippen molar-refractivity contribution in [3.8, 4) is 0 Å². The van der Waals surface area contributed by atoms with Crippen LogP contribution in [0.5, 0.6) is 0 Å². The van der Waals surface area contributed by atoms with Crippen molar-refractivity contribution < 1.29 is 5.11 Å². The minimum atomic E-state index is -0.462. The third-order valence-electron chi connectivity index (χ3n) is 4.09. The predicted octanol–water partition coefficient (Wildman–Crippen LogP) is 2.06. The minimum absolute atomic E-state index is 0.462. The summed E-state index contributed by atoms with van der Waals surface area (Å²) in [6.07, 6.45) is 2.54. The summed E-state index contributed by atoms with van der Waals surface area (Å²) in [4.78, 5) is 9.28. The van der Waals surface area contributed by atoms with Crippen LogP contribution in [-0.2, 0) is 0 Å². The van der Waals surface area contributed by atoms with Gasteiger partial charge >= 0.3 is 0 Å². The number of anilines is 1. The van der Waals surface area contributed by atoms with Crippen molar-refractivity contribution in [1.82, 2.24) is 9.88 Å². The Labute approximate surface area is 116 Å². The molecule has 4 nitrogen and oxygen atoms in total. The molecule has 0 spiro atoms. The number of nitrogens with zero attached hydrogens (tertiary/aromatic N) is 3. The zero-order valence-corrected chi connectivity index (χ0v) is 12.2. The van der Waals surface area contributed by atoms with Gasteiger partial charge in [0.25, 0.3) is 0 Å². The van der Waals surface area contributed by atoms with Gasteiger partial charge in [0.05, 0.1) is 6.10 Å². The Morgan fingerprint density at radius 2 is 1.95 bits per heavy atom. The van der Waals surface area contributed by atoms with Gasteiger partial charge in [0.1, 0.15) is 5.82 Å². The molecule has 1 saturated heterocycles. The van der Waals surface area contributed by atoms with E-state index in [0.717, 1.165) is 37.6 Å². The molecule has 4 heteroatoms. The standard InChI is InChI=1S/C15H25N3O/c1-4-12(2)17-8-10-18(11-9-17)15-14(13(3)19)6-5-7-16-15/h5-7,12-13,19H,4,8-11H2,1-3H3. The highest BCUT2D eigenvalue weighted by molar-refractivity contribution is 5.48. The zero-order valence-electron chi connectivity index (χ0n) is 12.2. The highest BCUT2D eigenvalue weighted by Crippen LogP contribution is 2.24. The molecule has 2 heterocycles. The van der Waals surface area contributed by atoms with Crippen LogP contribution in [0.15, 0.2) is 18.3 Å². The van der Waals surface area contributed by atoms with E-state index in [1.807, 2.05) is 18.3 Å². The topological polar surface area (TPSA) is 39.6 Å². The largest absolute Gasteiger partial charge is 0.389 e. The Balaban J connectivity index is 2.06. The molecule has 1 aliphatic rings. The lowest BCUT2D eigenvalue weighted by Gasteiger charge is -2.39. The molecule has 1 aromatic heterocycles. The maximum absolute atomic E-state index is 9.84. The van der Waals surface area contributed by atoms with E-state index < -0.39 is 6.10 Å². The van der Waals surface area contributed by atoms with E-state index in [-0.39, 0.29) is 0 Å². The number of rotatable bonds is 4. The molecule has 2 atom stereocenters. The van der Waals surface area contributed by atoms with E-state index in [1.54, 1.807) is 6.92 Å². The highest BCUT2D eigenvalue weighted by atomic mass is 16.3. The second kappa shape index (κ2) is 6.35. The van der Waals surface area contributed by atoms with Gasteiger partial charge in [0.2, 0.25) is 0 Å². The van der Waals surface area contributed by atoms with Crippen molar-refractivity contribution in [1.29, 1.82) is 0 Å². The van der Waals surface area contributed by atoms with Crippen molar-refractivity contribution in [2.75, 3.05) is 31.1 Å². The molecule has 1 aromatic rings. The minimum Gasteiger partial charge on any atom is -0.389 e. The fourth-order valence-corrected chi connectivity index (χ4v) is 2.63. The number of aliphatic hydroxyl groups excluding tert-OH is 1. The van der Waals surface area contributed by atoms with Gasteiger partial charge in [-0.1, -0.05) is 13.0 Å². The Morgan fingerprint density at radius 3 is 2.53 bits per heavy atom. The SMILES string of the molecule is CCC(C)N1CCN(c2ncccc2C(C)O)CC1. The number of aromatic nitrogens is 1. The second-order valence-electron chi connectivity index (χ2n) is 5.37. The molecular formula is C15H25N3O. The Morgan fingerprint density at radius 1 is 1.26 bits per heavy atom. The van der Waals surface area contributed by atoms with Crippen molar-refractivity contribution in [2.24, 2.45) is 0 Å². The Hall–Kier alpha value is -1.13. The lowest BCUT2D eigenvalue weighted by molar-refractivity contribution is 0.188. The maximum atomic E-state index is 9.84. The lowest BCUT2D eigenvalue weighted by Crippen LogP contribution is -2.50. The first-order valence-electron chi connectivity index (χ1n) is 7.25. The Kier molecular flexibility index (Phi) is 4.77. The van der Waals surface area contributed by atoms with Crippen LogP contribution in [-0.4, -0.2) is 47.2 Å². The summed E-state index contributed by atoms with van der Waals surface area (Å²) in [6, 6.07) is 4.51. The molecule has 0 aliphatic carbocycles. The number of aliphatic hydroxyl groups is 1. The van der Waals surface area contributed by atoms with Gasteiger partial charge in [0.15, 0.2) is 0 Å². The van der Waals surface area contributed by atoms with Crippen LogP contribution in [0.1, 0.15) is 38.9 Å². The summed E-state index contributed by atoms with van der Waals surface area (Å²) in [5.74, 6) is 0.946. The smallest absolute Gasteiger partial charge is 0.134 e. The molecule has 1 aliphatic heterocycles. The van der Waals surface area contributed by atoms with E-state index >= 15 is 0 Å². The fourth-order valence-electron chi connectivity index (χ4n) is 2.63. The van der Waals surface area contributed by atoms with Gasteiger partial charge in [-0.05, 0) is 26.3 Å². The van der Waals surface area contributed by atoms with Crippen LogP contribution >= 0.6 is 0 Å². The van der Waals surface area contributed by atoms with Crippen molar-refractivity contribution >= 4 is 5.82 Å². The van der Waals surface area contributed by atoms with Gasteiger partial charge < -0.3 is 10.0 Å². The molecule has 0 saturated carbocycles. The van der Waals surface area contributed by atoms with Crippen molar-refractivity contribution in [2.45, 2.75) is 39.3 Å². The first-order valence-corrected chi connectivity index (χ1v) is 7.25. The first kappa shape index (κ1) is 14.3. The average molecular weight is 263 g/mol. The van der Waals surface area contributed by atoms with Gasteiger partial charge in [-0.15, -0.1) is 0 Å². The average Bonchev–Trinajstić information content (AvgIpc) is 2.46. The fraction of sp³-hybridized carbons (Fsp3) is 0.667. The number of piperazine rings is 1. The lowest BCUT2D eigenvalue weighted by atomic mass is 10.1. The van der Waals surface area contributed by atoms with E-state index in [0.29, 0.717) is 6.04 Å². The summed E-state index contributed by atoms with van der Waals surface area (Å²) in [5, 5.41) is 9.84. The van der Waals surface area contributed by atoms with E-state index in [9.17, 15) is 5.11 Å². The molecule has 0 radical (unpaired) electrons. The van der Waals surface area contributed by atoms with Gasteiger partial charge in [-0.25, -0.2) is 4.98 Å². The molecular weight excluding hydrogens is 238 g/mol. The first-order chi connectivity index (χ1) is 9.13. The van der Waals surface area contributed by atoms with E-state index in [2.05, 4.69) is 28.6 Å². The summed E-state index contributed by atoms with van der Waals surface area (Å²) in [5.41, 5.74) is 0.930. The van der Waals surface area contributed by atoms with E-state index in [4.69, 9.17) is 0 Å². The molecule has 19 heavy (non-hydrogen) atoms. The summed E-state index contributed by atoms with van der Waals surface area (Å²) in [7, 11) is 0. The Bertz CT molecular complexity index is 400. The molecule has 0 aromatic carbocycles. The molecule has 106 valence electrons. The van der Waals surface area contributed by atoms with Crippen LogP contribution in [0.3, 0.4) is 0 Å². The number of hydrogen-bond acceptors (Lipinski definition) is 4. The van der Waals surface area contributed by atoms with Crippen molar-refractivity contribution in [3.63, 3.8) is 0 Å². The molecule has 0 bridgehead atoms. The van der Waals surface area contributed by atoms with Crippen LogP contribution < -0.4 is 4.90 Å². The van der Waals surface area contributed by atoms with Gasteiger partial charge in [-0.3, -0.25) is 4.90 Å². The second-order valence-corrected chi connectivity index (χ2v) is 5.37. The predicted molar refractivity (Wildman–Crippen MR) is 78.4 cm³/mol. The van der Waals surface area contributed by atoms with E-state index in [1.165, 1.54) is 6.42 Å². The molecule has 1 fully saturated rings. The van der Waals surface area contributed by atoms with Crippen molar-refractivity contribution in [3.05, 3.63) is 23.9 Å². The summed E-state index contributed by atoms with van der Waals surface area (Å²) >= 11 is 0. The highest BCUT2D eigenvalue weighted by Gasteiger charge is 2.23. The third kappa shape index (κ3) is 3.25. The molecule has 2 rings (SSSR count). The van der Waals surface area contributed by atoms with Gasteiger partial charge in [0, 0.05) is 44.0 Å². The monoisotopic (exact) mass is 263 g/mol. The molecule has 1 N–H and O–H groups in total. The maximum Gasteiger partial charge on any atom is 0.134 e. The molecule has 0 amide bonds. The third-order valence-corrected chi connectivity index (χ3v) is 4.09. The number of pyridine rings is 1. The summed E-state index contributed by atoms with van der Waals surface area (Å²) in [6.45, 7) is 10.5. The van der Waals surface area contributed by atoms with Crippen LogP contribution in [0.4, 0.5) is 5.82 Å². The summed E-state index contributed by atoms with van der Waals surface area (Å²) < 4.78 is 0. The van der Waals surface area contributed by atoms with Crippen LogP contribution in [0, 0.1) is 0 Å². The normalized spacial score (nSPS) is 20.3. The van der Waals surface area contributed by atoms with Crippen LogP contribution in [0.25, 0.3) is 0 Å². The number of hydrogen-bond donors (Lipinski definition) is 1. The zero-order chi connectivity index (χ0) is 13.8. The van der Waals surface area contributed by atoms with Gasteiger partial charge in [-0.2, -0.15) is 0 Å².